The van der Waals surface area contributed by atoms with Crippen molar-refractivity contribution in [2.45, 2.75) is 0 Å². The molecule has 0 radical (unpaired) electrons. The van der Waals surface area contributed by atoms with Gasteiger partial charge in [0.25, 0.3) is 0 Å². The van der Waals surface area contributed by atoms with Crippen molar-refractivity contribution >= 4 is 34.8 Å². The Bertz CT molecular complexity index is 55.1. The lowest BCUT2D eigenvalue weighted by molar-refractivity contribution is 0.185. The molecular formula is C5H9Cl3O. The minimum Gasteiger partial charge on any atom is -0.396 e. The number of aliphatic hydroxyl groups is 1. The minimum atomic E-state index is -0.481. The second kappa shape index (κ2) is 4.62. The summed E-state index contributed by atoms with van der Waals surface area (Å²) in [5.41, 5.74) is -0.481. The van der Waals surface area contributed by atoms with Crippen molar-refractivity contribution < 1.29 is 5.11 Å². The summed E-state index contributed by atoms with van der Waals surface area (Å²) >= 11 is 16.5. The highest BCUT2D eigenvalue weighted by Gasteiger charge is 2.26. The van der Waals surface area contributed by atoms with Gasteiger partial charge in [0.2, 0.25) is 0 Å². The molecule has 0 saturated carbocycles. The van der Waals surface area contributed by atoms with Crippen LogP contribution in [0.2, 0.25) is 0 Å². The van der Waals surface area contributed by atoms with Crippen molar-refractivity contribution in [3.63, 3.8) is 0 Å². The molecule has 0 rings (SSSR count). The van der Waals surface area contributed by atoms with E-state index in [1.165, 1.54) is 0 Å². The summed E-state index contributed by atoms with van der Waals surface area (Å²) in [4.78, 5) is 0. The van der Waals surface area contributed by atoms with Crippen LogP contribution in [0.25, 0.3) is 0 Å². The highest BCUT2D eigenvalue weighted by molar-refractivity contribution is 6.24. The fourth-order valence-corrected chi connectivity index (χ4v) is 1.34. The Labute approximate surface area is 69.9 Å². The van der Waals surface area contributed by atoms with Crippen LogP contribution in [0.3, 0.4) is 0 Å². The topological polar surface area (TPSA) is 20.2 Å². The van der Waals surface area contributed by atoms with Crippen LogP contribution >= 0.6 is 34.8 Å². The summed E-state index contributed by atoms with van der Waals surface area (Å²) in [6.07, 6.45) is 0. The molecule has 9 heavy (non-hydrogen) atoms. The van der Waals surface area contributed by atoms with E-state index in [1.807, 2.05) is 0 Å². The standard InChI is InChI=1S/C5H9Cl3O/c6-1-5(2-7,3-8)4-9/h9H,1-4H2. The average molecular weight is 191 g/mol. The van der Waals surface area contributed by atoms with E-state index in [0.717, 1.165) is 0 Å². The smallest absolute Gasteiger partial charge is 0.0521 e. The highest BCUT2D eigenvalue weighted by Crippen LogP contribution is 2.21. The van der Waals surface area contributed by atoms with Crippen molar-refractivity contribution in [3.05, 3.63) is 0 Å². The van der Waals surface area contributed by atoms with Crippen LogP contribution in [-0.4, -0.2) is 29.4 Å². The average Bonchev–Trinajstić information content (AvgIpc) is 1.95. The minimum absolute atomic E-state index is 0.0521. The van der Waals surface area contributed by atoms with Crippen LogP contribution < -0.4 is 0 Å². The van der Waals surface area contributed by atoms with Crippen LogP contribution in [0, 0.1) is 5.41 Å². The molecule has 56 valence electrons. The highest BCUT2D eigenvalue weighted by atomic mass is 35.5. The van der Waals surface area contributed by atoms with Gasteiger partial charge in [-0.25, -0.2) is 0 Å². The zero-order valence-corrected chi connectivity index (χ0v) is 7.18. The lowest BCUT2D eigenvalue weighted by Crippen LogP contribution is -2.31. The SMILES string of the molecule is OCC(CCl)(CCl)CCl. The Morgan fingerprint density at radius 2 is 1.33 bits per heavy atom. The molecule has 0 heterocycles. The van der Waals surface area contributed by atoms with E-state index in [1.54, 1.807) is 0 Å². The molecule has 0 aromatic carbocycles. The van der Waals surface area contributed by atoms with Crippen molar-refractivity contribution in [2.24, 2.45) is 5.41 Å². The molecule has 0 spiro atoms. The summed E-state index contributed by atoms with van der Waals surface area (Å²) in [6.45, 7) is -0.0521. The second-order valence-corrected chi connectivity index (χ2v) is 2.86. The Kier molecular flexibility index (Phi) is 5.04. The summed E-state index contributed by atoms with van der Waals surface area (Å²) in [7, 11) is 0. The van der Waals surface area contributed by atoms with Gasteiger partial charge in [0, 0.05) is 23.1 Å². The van der Waals surface area contributed by atoms with E-state index in [2.05, 4.69) is 0 Å². The maximum Gasteiger partial charge on any atom is 0.0521 e. The molecule has 0 saturated heterocycles. The molecule has 0 aromatic heterocycles. The molecule has 0 atom stereocenters. The third-order valence-electron chi connectivity index (χ3n) is 1.19. The Balaban J connectivity index is 3.82. The quantitative estimate of drug-likeness (QED) is 0.671. The van der Waals surface area contributed by atoms with Gasteiger partial charge in [0.1, 0.15) is 0 Å². The maximum absolute atomic E-state index is 8.72. The summed E-state index contributed by atoms with van der Waals surface area (Å²) in [5, 5.41) is 8.72. The molecule has 1 N–H and O–H groups in total. The van der Waals surface area contributed by atoms with E-state index in [0.29, 0.717) is 17.6 Å². The van der Waals surface area contributed by atoms with Crippen molar-refractivity contribution in [3.8, 4) is 0 Å². The van der Waals surface area contributed by atoms with Crippen LogP contribution in [0.5, 0.6) is 0 Å². The number of alkyl halides is 3. The monoisotopic (exact) mass is 190 g/mol. The predicted octanol–water partition coefficient (Wildman–Crippen LogP) is 1.68. The van der Waals surface area contributed by atoms with E-state index in [-0.39, 0.29) is 6.61 Å². The van der Waals surface area contributed by atoms with E-state index >= 15 is 0 Å². The van der Waals surface area contributed by atoms with Gasteiger partial charge in [-0.2, -0.15) is 0 Å². The number of aliphatic hydroxyl groups excluding tert-OH is 1. The first-order valence-electron chi connectivity index (χ1n) is 2.53. The van der Waals surface area contributed by atoms with Gasteiger partial charge < -0.3 is 5.11 Å². The molecule has 0 bridgehead atoms. The first kappa shape index (κ1) is 9.83. The molecule has 0 aliphatic heterocycles. The lowest BCUT2D eigenvalue weighted by atomic mass is 9.98. The fraction of sp³-hybridized carbons (Fsp3) is 1.00. The van der Waals surface area contributed by atoms with Crippen LogP contribution in [0.1, 0.15) is 0 Å². The second-order valence-electron chi connectivity index (χ2n) is 2.06. The van der Waals surface area contributed by atoms with Crippen LogP contribution in [-0.2, 0) is 0 Å². The van der Waals surface area contributed by atoms with Crippen LogP contribution in [0.15, 0.2) is 0 Å². The Hall–Kier alpha value is 0.830. The number of halogens is 3. The summed E-state index contributed by atoms with van der Waals surface area (Å²) < 4.78 is 0. The maximum atomic E-state index is 8.72. The summed E-state index contributed by atoms with van der Waals surface area (Å²) in [5.74, 6) is 0.906. The predicted molar refractivity (Wildman–Crippen MR) is 41.7 cm³/mol. The van der Waals surface area contributed by atoms with Gasteiger partial charge in [0.05, 0.1) is 6.61 Å². The summed E-state index contributed by atoms with van der Waals surface area (Å²) in [6, 6.07) is 0. The normalized spacial score (nSPS) is 12.0. The van der Waals surface area contributed by atoms with E-state index in [9.17, 15) is 0 Å². The number of hydrogen-bond donors (Lipinski definition) is 1. The van der Waals surface area contributed by atoms with Gasteiger partial charge in [-0.05, 0) is 0 Å². The first-order chi connectivity index (χ1) is 4.24. The molecule has 0 fully saturated rings. The van der Waals surface area contributed by atoms with Gasteiger partial charge in [-0.15, -0.1) is 34.8 Å². The number of hydrogen-bond acceptors (Lipinski definition) is 1. The van der Waals surface area contributed by atoms with Crippen LogP contribution in [0.4, 0.5) is 0 Å². The third kappa shape index (κ3) is 2.50. The van der Waals surface area contributed by atoms with E-state index < -0.39 is 5.41 Å². The van der Waals surface area contributed by atoms with Gasteiger partial charge in [-0.3, -0.25) is 0 Å². The largest absolute Gasteiger partial charge is 0.396 e. The van der Waals surface area contributed by atoms with Crippen molar-refractivity contribution in [1.29, 1.82) is 0 Å². The zero-order chi connectivity index (χ0) is 7.33. The Morgan fingerprint density at radius 3 is 1.33 bits per heavy atom. The van der Waals surface area contributed by atoms with Gasteiger partial charge >= 0.3 is 0 Å². The van der Waals surface area contributed by atoms with Gasteiger partial charge in [-0.1, -0.05) is 0 Å². The fourth-order valence-electron chi connectivity index (χ4n) is 0.234. The molecule has 4 heteroatoms. The van der Waals surface area contributed by atoms with Gasteiger partial charge in [0.15, 0.2) is 0 Å². The molecule has 0 aliphatic carbocycles. The third-order valence-corrected chi connectivity index (χ3v) is 2.89. The Morgan fingerprint density at radius 1 is 1.00 bits per heavy atom. The van der Waals surface area contributed by atoms with E-state index in [4.69, 9.17) is 39.9 Å². The molecule has 0 aromatic rings. The lowest BCUT2D eigenvalue weighted by Gasteiger charge is -2.23. The molecule has 0 amide bonds. The first-order valence-corrected chi connectivity index (χ1v) is 4.14. The zero-order valence-electron chi connectivity index (χ0n) is 4.91. The molecule has 0 aliphatic rings. The molecule has 1 nitrogen and oxygen atoms in total. The van der Waals surface area contributed by atoms with Crippen molar-refractivity contribution in [1.82, 2.24) is 0 Å². The van der Waals surface area contributed by atoms with Crippen molar-refractivity contribution in [2.75, 3.05) is 24.2 Å². The molecular weight excluding hydrogens is 182 g/mol. The number of rotatable bonds is 4. The molecule has 0 unspecified atom stereocenters.